The van der Waals surface area contributed by atoms with Crippen molar-refractivity contribution in [2.24, 2.45) is 0 Å². The molecule has 0 aliphatic carbocycles. The smallest absolute Gasteiger partial charge is 0.275 e. The van der Waals surface area contributed by atoms with Gasteiger partial charge in [-0.25, -0.2) is 13.4 Å². The lowest BCUT2D eigenvalue weighted by atomic mass is 10.2. The van der Waals surface area contributed by atoms with Crippen molar-refractivity contribution in [1.82, 2.24) is 23.8 Å². The molecule has 9 nitrogen and oxygen atoms in total. The quantitative estimate of drug-likeness (QED) is 0.393. The highest BCUT2D eigenvalue weighted by Crippen LogP contribution is 2.26. The lowest BCUT2D eigenvalue weighted by Crippen LogP contribution is -2.48. The van der Waals surface area contributed by atoms with Crippen LogP contribution in [0.25, 0.3) is 15.5 Å². The van der Waals surface area contributed by atoms with Crippen LogP contribution in [0.2, 0.25) is 0 Å². The molecule has 0 amide bonds. The van der Waals surface area contributed by atoms with E-state index in [1.54, 1.807) is 19.2 Å². The first kappa shape index (κ1) is 23.6. The lowest BCUT2D eigenvalue weighted by Gasteiger charge is -2.34. The average molecular weight is 512 g/mol. The van der Waals surface area contributed by atoms with Crippen LogP contribution in [-0.2, 0) is 16.6 Å². The molecule has 2 aromatic heterocycles. The van der Waals surface area contributed by atoms with E-state index in [2.05, 4.69) is 15.0 Å². The molecule has 1 aliphatic rings. The van der Waals surface area contributed by atoms with E-state index in [9.17, 15) is 13.2 Å². The molecule has 4 aromatic rings. The van der Waals surface area contributed by atoms with Gasteiger partial charge in [0.15, 0.2) is 0 Å². The summed E-state index contributed by atoms with van der Waals surface area (Å²) in [4.78, 5) is 20.4. The van der Waals surface area contributed by atoms with Crippen LogP contribution in [0.5, 0.6) is 5.75 Å². The number of methoxy groups -OCH3 is 1. The fourth-order valence-corrected chi connectivity index (χ4v) is 6.71. The molecule has 35 heavy (non-hydrogen) atoms. The normalized spacial score (nSPS) is 15.5. The van der Waals surface area contributed by atoms with Gasteiger partial charge < -0.3 is 4.74 Å². The van der Waals surface area contributed by atoms with Gasteiger partial charge in [-0.2, -0.15) is 13.9 Å². The maximum absolute atomic E-state index is 13.1. The number of benzene rings is 2. The zero-order valence-electron chi connectivity index (χ0n) is 19.4. The Morgan fingerprint density at radius 1 is 1.03 bits per heavy atom. The Morgan fingerprint density at radius 2 is 1.74 bits per heavy atom. The van der Waals surface area contributed by atoms with E-state index in [1.165, 1.54) is 26.2 Å². The molecule has 0 saturated carbocycles. The van der Waals surface area contributed by atoms with Crippen molar-refractivity contribution in [3.05, 3.63) is 76.2 Å². The maximum atomic E-state index is 13.1. The molecule has 2 aromatic carbocycles. The maximum Gasteiger partial charge on any atom is 0.275 e. The van der Waals surface area contributed by atoms with Gasteiger partial charge in [-0.3, -0.25) is 9.69 Å². The van der Waals surface area contributed by atoms with Gasteiger partial charge in [0.2, 0.25) is 15.0 Å². The second kappa shape index (κ2) is 9.50. The van der Waals surface area contributed by atoms with Crippen molar-refractivity contribution in [2.45, 2.75) is 18.4 Å². The molecule has 182 valence electrons. The molecule has 0 bridgehead atoms. The van der Waals surface area contributed by atoms with Crippen molar-refractivity contribution in [2.75, 3.05) is 33.3 Å². The van der Waals surface area contributed by atoms with Crippen LogP contribution in [0, 0.1) is 6.92 Å². The second-order valence-electron chi connectivity index (χ2n) is 8.36. The fraction of sp³-hybridized carbons (Fsp3) is 0.292. The fourth-order valence-electron chi connectivity index (χ4n) is 4.13. The van der Waals surface area contributed by atoms with Gasteiger partial charge in [0, 0.05) is 44.4 Å². The van der Waals surface area contributed by atoms with Gasteiger partial charge in [0.25, 0.3) is 5.56 Å². The Bertz CT molecular complexity index is 1520. The van der Waals surface area contributed by atoms with E-state index in [0.29, 0.717) is 53.3 Å². The van der Waals surface area contributed by atoms with Crippen LogP contribution in [0.3, 0.4) is 0 Å². The minimum absolute atomic E-state index is 0.234. The summed E-state index contributed by atoms with van der Waals surface area (Å²) in [7, 11) is -1.92. The average Bonchev–Trinajstić information content (AvgIpc) is 3.29. The summed E-state index contributed by atoms with van der Waals surface area (Å²) in [6.45, 7) is 4.18. The van der Waals surface area contributed by atoms with E-state index < -0.39 is 10.0 Å². The minimum atomic E-state index is -3.53. The zero-order chi connectivity index (χ0) is 24.6. The van der Waals surface area contributed by atoms with Crippen molar-refractivity contribution in [3.8, 4) is 16.3 Å². The van der Waals surface area contributed by atoms with Gasteiger partial charge in [0.05, 0.1) is 17.7 Å². The van der Waals surface area contributed by atoms with Crippen LogP contribution in [0.4, 0.5) is 0 Å². The van der Waals surface area contributed by atoms with Gasteiger partial charge in [-0.05, 0) is 42.8 Å². The van der Waals surface area contributed by atoms with Crippen LogP contribution in [0.1, 0.15) is 11.3 Å². The molecule has 3 heterocycles. The summed E-state index contributed by atoms with van der Waals surface area (Å²) in [5.41, 5.74) is 2.04. The molecule has 0 atom stereocenters. The van der Waals surface area contributed by atoms with E-state index in [0.717, 1.165) is 16.9 Å². The highest BCUT2D eigenvalue weighted by Gasteiger charge is 2.29. The van der Waals surface area contributed by atoms with Crippen LogP contribution >= 0.6 is 11.3 Å². The Labute approximate surface area is 207 Å². The Hall–Kier alpha value is -3.12. The van der Waals surface area contributed by atoms with Gasteiger partial charge in [-0.1, -0.05) is 29.5 Å². The molecule has 1 aliphatic heterocycles. The number of aromatic nitrogens is 3. The Balaban J connectivity index is 1.30. The summed E-state index contributed by atoms with van der Waals surface area (Å²) in [5.74, 6) is 0.749. The van der Waals surface area contributed by atoms with Gasteiger partial charge >= 0.3 is 0 Å². The molecule has 0 unspecified atom stereocenters. The minimum Gasteiger partial charge on any atom is -0.497 e. The van der Waals surface area contributed by atoms with Crippen LogP contribution in [0.15, 0.2) is 64.3 Å². The number of aryl methyl sites for hydroxylation is 1. The van der Waals surface area contributed by atoms with Crippen LogP contribution in [-0.4, -0.2) is 65.5 Å². The summed E-state index contributed by atoms with van der Waals surface area (Å²) in [6.07, 6.45) is 0. The van der Waals surface area contributed by atoms with Gasteiger partial charge in [-0.15, -0.1) is 0 Å². The first-order valence-corrected chi connectivity index (χ1v) is 13.4. The number of piperazine rings is 1. The predicted molar refractivity (Wildman–Crippen MR) is 134 cm³/mol. The first-order valence-electron chi connectivity index (χ1n) is 11.2. The molecular formula is C24H25N5O4S2. The van der Waals surface area contributed by atoms with E-state index in [1.807, 2.05) is 43.3 Å². The molecule has 11 heteroatoms. The Kier molecular flexibility index (Phi) is 6.41. The summed E-state index contributed by atoms with van der Waals surface area (Å²) in [5, 5.41) is 5.13. The molecule has 1 saturated heterocycles. The molecule has 0 N–H and O–H groups in total. The number of hydrogen-bond acceptors (Lipinski definition) is 8. The summed E-state index contributed by atoms with van der Waals surface area (Å²) < 4.78 is 34.2. The topological polar surface area (TPSA) is 97.1 Å². The summed E-state index contributed by atoms with van der Waals surface area (Å²) in [6, 6.07) is 16.0. The molecule has 5 rings (SSSR count). The van der Waals surface area contributed by atoms with Crippen molar-refractivity contribution < 1.29 is 13.2 Å². The molecule has 0 radical (unpaired) electrons. The number of rotatable bonds is 6. The van der Waals surface area contributed by atoms with Gasteiger partial charge in [0.1, 0.15) is 10.8 Å². The first-order chi connectivity index (χ1) is 16.8. The number of sulfonamides is 1. The van der Waals surface area contributed by atoms with E-state index in [-0.39, 0.29) is 5.56 Å². The number of nitrogens with zero attached hydrogens (tertiary/aromatic N) is 5. The van der Waals surface area contributed by atoms with E-state index in [4.69, 9.17) is 4.74 Å². The monoisotopic (exact) mass is 511 g/mol. The number of ether oxygens (including phenoxy) is 1. The van der Waals surface area contributed by atoms with Crippen molar-refractivity contribution >= 4 is 26.3 Å². The second-order valence-corrected chi connectivity index (χ2v) is 11.2. The lowest BCUT2D eigenvalue weighted by molar-refractivity contribution is 0.180. The third-order valence-electron chi connectivity index (χ3n) is 6.06. The van der Waals surface area contributed by atoms with Crippen LogP contribution < -0.4 is 10.3 Å². The molecule has 1 fully saturated rings. The zero-order valence-corrected chi connectivity index (χ0v) is 21.1. The largest absolute Gasteiger partial charge is 0.497 e. The Morgan fingerprint density at radius 3 is 2.43 bits per heavy atom. The molecule has 0 spiro atoms. The SMILES string of the molecule is COc1ccc(-c2nn3c(=O)cc(CN4CCN(S(=O)(=O)c5ccccc5C)CC4)nc3s2)cc1. The number of fused-ring (bicyclic) bond motifs is 1. The third-order valence-corrected chi connectivity index (χ3v) is 9.08. The third kappa shape index (κ3) is 4.72. The van der Waals surface area contributed by atoms with Crippen molar-refractivity contribution in [3.63, 3.8) is 0 Å². The highest BCUT2D eigenvalue weighted by molar-refractivity contribution is 7.89. The van der Waals surface area contributed by atoms with E-state index >= 15 is 0 Å². The predicted octanol–water partition coefficient (Wildman–Crippen LogP) is 2.64. The number of hydrogen-bond donors (Lipinski definition) is 0. The highest BCUT2D eigenvalue weighted by atomic mass is 32.2. The molecular weight excluding hydrogens is 486 g/mol. The van der Waals surface area contributed by atoms with Crippen molar-refractivity contribution in [1.29, 1.82) is 0 Å². The standard InChI is InChI=1S/C24H25N5O4S2/c1-17-5-3-4-6-21(17)35(31,32)28-13-11-27(12-14-28)16-19-15-22(30)29-24(25-19)34-23(26-29)18-7-9-20(33-2)10-8-18/h3-10,15H,11-14,16H2,1-2H3. The summed E-state index contributed by atoms with van der Waals surface area (Å²) >= 11 is 1.35.